The average Bonchev–Trinajstić information content (AvgIpc) is 2.56. The fourth-order valence-corrected chi connectivity index (χ4v) is 2.81. The minimum Gasteiger partial charge on any atom is -0.481 e. The van der Waals surface area contributed by atoms with Crippen LogP contribution in [0, 0.1) is 23.2 Å². The highest BCUT2D eigenvalue weighted by Gasteiger charge is 2.35. The minimum absolute atomic E-state index is 0.508. The lowest BCUT2D eigenvalue weighted by Crippen LogP contribution is -2.27. The molecule has 0 aromatic rings. The van der Waals surface area contributed by atoms with Crippen LogP contribution < -0.4 is 0 Å². The number of hydrogen-bond acceptors (Lipinski definition) is 1. The highest BCUT2D eigenvalue weighted by atomic mass is 16.4. The predicted octanol–water partition coefficient (Wildman–Crippen LogP) is 3.95. The van der Waals surface area contributed by atoms with Gasteiger partial charge in [0.05, 0.1) is 5.41 Å². The van der Waals surface area contributed by atoms with E-state index in [-0.39, 0.29) is 0 Å². The quantitative estimate of drug-likeness (QED) is 0.770. The molecule has 1 saturated carbocycles. The van der Waals surface area contributed by atoms with Crippen LogP contribution in [0.25, 0.3) is 0 Å². The van der Waals surface area contributed by atoms with Crippen molar-refractivity contribution in [1.29, 1.82) is 0 Å². The Hall–Kier alpha value is -0.530. The Bertz CT molecular complexity index is 249. The van der Waals surface area contributed by atoms with Gasteiger partial charge in [-0.25, -0.2) is 0 Å². The molecule has 16 heavy (non-hydrogen) atoms. The van der Waals surface area contributed by atoms with Crippen LogP contribution >= 0.6 is 0 Å². The summed E-state index contributed by atoms with van der Waals surface area (Å²) in [5.41, 5.74) is -0.508. The van der Waals surface area contributed by atoms with Crippen molar-refractivity contribution in [1.82, 2.24) is 0 Å². The third-order valence-corrected chi connectivity index (χ3v) is 5.00. The number of carboxylic acid groups (broad SMARTS) is 1. The molecule has 0 spiro atoms. The lowest BCUT2D eigenvalue weighted by atomic mass is 9.78. The first-order valence-corrected chi connectivity index (χ1v) is 6.64. The Balaban J connectivity index is 2.48. The molecule has 4 unspecified atom stereocenters. The first-order chi connectivity index (χ1) is 7.40. The zero-order valence-corrected chi connectivity index (χ0v) is 11.1. The van der Waals surface area contributed by atoms with Gasteiger partial charge >= 0.3 is 5.97 Å². The summed E-state index contributed by atoms with van der Waals surface area (Å²) in [5, 5.41) is 9.22. The minimum atomic E-state index is -0.631. The summed E-state index contributed by atoms with van der Waals surface area (Å²) in [6.07, 6.45) is 5.27. The predicted molar refractivity (Wildman–Crippen MR) is 66.3 cm³/mol. The molecule has 4 atom stereocenters. The molecule has 0 aliphatic heterocycles. The third-order valence-electron chi connectivity index (χ3n) is 5.00. The normalized spacial score (nSPS) is 33.6. The van der Waals surface area contributed by atoms with Gasteiger partial charge in [-0.2, -0.15) is 0 Å². The Kier molecular flexibility index (Phi) is 4.40. The summed E-state index contributed by atoms with van der Waals surface area (Å²) in [6, 6.07) is 0. The fraction of sp³-hybridized carbons (Fsp3) is 0.929. The van der Waals surface area contributed by atoms with Crippen LogP contribution in [0.2, 0.25) is 0 Å². The van der Waals surface area contributed by atoms with E-state index in [2.05, 4.69) is 13.8 Å². The summed E-state index contributed by atoms with van der Waals surface area (Å²) >= 11 is 0. The summed E-state index contributed by atoms with van der Waals surface area (Å²) in [6.45, 7) is 8.51. The van der Waals surface area contributed by atoms with E-state index < -0.39 is 11.4 Å². The maximum Gasteiger partial charge on any atom is 0.309 e. The van der Waals surface area contributed by atoms with E-state index in [0.29, 0.717) is 0 Å². The van der Waals surface area contributed by atoms with Gasteiger partial charge in [0.25, 0.3) is 0 Å². The molecule has 1 rings (SSSR count). The molecular weight excluding hydrogens is 200 g/mol. The van der Waals surface area contributed by atoms with Crippen molar-refractivity contribution in [3.63, 3.8) is 0 Å². The molecule has 0 aromatic carbocycles. The van der Waals surface area contributed by atoms with E-state index in [1.165, 1.54) is 12.8 Å². The van der Waals surface area contributed by atoms with E-state index in [1.807, 2.05) is 13.8 Å². The molecule has 0 aromatic heterocycles. The van der Waals surface area contributed by atoms with Crippen LogP contribution in [-0.2, 0) is 4.79 Å². The maximum absolute atomic E-state index is 11.2. The molecule has 1 fully saturated rings. The first kappa shape index (κ1) is 13.5. The van der Waals surface area contributed by atoms with Gasteiger partial charge < -0.3 is 5.11 Å². The Morgan fingerprint density at radius 3 is 2.38 bits per heavy atom. The van der Waals surface area contributed by atoms with Crippen LogP contribution in [0.15, 0.2) is 0 Å². The second-order valence-electron chi connectivity index (χ2n) is 5.93. The molecule has 1 aliphatic rings. The number of rotatable bonds is 5. The van der Waals surface area contributed by atoms with Crippen LogP contribution in [0.5, 0.6) is 0 Å². The van der Waals surface area contributed by atoms with Crippen molar-refractivity contribution in [3.8, 4) is 0 Å². The standard InChI is InChI=1S/C14H26O2/c1-5-14(4,13(15)16)9-8-12-7-6-10(2)11(12)3/h10-12H,5-9H2,1-4H3,(H,15,16). The zero-order chi connectivity index (χ0) is 12.3. The Labute approximate surface area is 99.4 Å². The van der Waals surface area contributed by atoms with E-state index >= 15 is 0 Å². The molecule has 0 saturated heterocycles. The molecule has 0 heterocycles. The molecule has 2 nitrogen and oxygen atoms in total. The molecule has 0 amide bonds. The highest BCUT2D eigenvalue weighted by Crippen LogP contribution is 2.41. The van der Waals surface area contributed by atoms with Crippen molar-refractivity contribution in [2.75, 3.05) is 0 Å². The SMILES string of the molecule is CCC(C)(CCC1CCC(C)C1C)C(=O)O. The van der Waals surface area contributed by atoms with Crippen molar-refractivity contribution in [2.45, 2.75) is 59.8 Å². The van der Waals surface area contributed by atoms with Gasteiger partial charge in [0.2, 0.25) is 0 Å². The summed E-state index contributed by atoms with van der Waals surface area (Å²) in [5.74, 6) is 1.71. The zero-order valence-electron chi connectivity index (χ0n) is 11.1. The maximum atomic E-state index is 11.2. The van der Waals surface area contributed by atoms with Crippen LogP contribution in [0.1, 0.15) is 59.8 Å². The van der Waals surface area contributed by atoms with Crippen molar-refractivity contribution >= 4 is 5.97 Å². The third kappa shape index (κ3) is 2.78. The van der Waals surface area contributed by atoms with Crippen LogP contribution in [-0.4, -0.2) is 11.1 Å². The molecule has 1 N–H and O–H groups in total. The summed E-state index contributed by atoms with van der Waals surface area (Å²) < 4.78 is 0. The largest absolute Gasteiger partial charge is 0.481 e. The summed E-state index contributed by atoms with van der Waals surface area (Å²) in [4.78, 5) is 11.2. The highest BCUT2D eigenvalue weighted by molar-refractivity contribution is 5.73. The second-order valence-corrected chi connectivity index (χ2v) is 5.93. The van der Waals surface area contributed by atoms with Crippen molar-refractivity contribution in [3.05, 3.63) is 0 Å². The number of hydrogen-bond donors (Lipinski definition) is 1. The van der Waals surface area contributed by atoms with Crippen LogP contribution in [0.3, 0.4) is 0 Å². The van der Waals surface area contributed by atoms with Gasteiger partial charge in [-0.3, -0.25) is 4.79 Å². The van der Waals surface area contributed by atoms with Gasteiger partial charge in [-0.05, 0) is 50.4 Å². The summed E-state index contributed by atoms with van der Waals surface area (Å²) in [7, 11) is 0. The lowest BCUT2D eigenvalue weighted by molar-refractivity contribution is -0.148. The monoisotopic (exact) mass is 226 g/mol. The lowest BCUT2D eigenvalue weighted by Gasteiger charge is -2.26. The number of aliphatic carboxylic acids is 1. The molecule has 94 valence electrons. The van der Waals surface area contributed by atoms with Crippen LogP contribution in [0.4, 0.5) is 0 Å². The van der Waals surface area contributed by atoms with E-state index in [0.717, 1.165) is 37.0 Å². The Morgan fingerprint density at radius 1 is 1.38 bits per heavy atom. The molecule has 2 heteroatoms. The van der Waals surface area contributed by atoms with Gasteiger partial charge in [0.15, 0.2) is 0 Å². The van der Waals surface area contributed by atoms with E-state index in [1.54, 1.807) is 0 Å². The van der Waals surface area contributed by atoms with E-state index in [9.17, 15) is 9.90 Å². The van der Waals surface area contributed by atoms with Gasteiger partial charge in [-0.1, -0.05) is 27.2 Å². The van der Waals surface area contributed by atoms with Gasteiger partial charge in [-0.15, -0.1) is 0 Å². The smallest absolute Gasteiger partial charge is 0.309 e. The Morgan fingerprint density at radius 2 is 2.00 bits per heavy atom. The van der Waals surface area contributed by atoms with Crippen molar-refractivity contribution < 1.29 is 9.90 Å². The number of carbonyl (C=O) groups is 1. The fourth-order valence-electron chi connectivity index (χ4n) is 2.81. The molecule has 1 aliphatic carbocycles. The average molecular weight is 226 g/mol. The molecular formula is C14H26O2. The number of carboxylic acids is 1. The molecule has 0 radical (unpaired) electrons. The topological polar surface area (TPSA) is 37.3 Å². The van der Waals surface area contributed by atoms with Gasteiger partial charge in [0, 0.05) is 0 Å². The first-order valence-electron chi connectivity index (χ1n) is 6.64. The van der Waals surface area contributed by atoms with Crippen molar-refractivity contribution in [2.24, 2.45) is 23.2 Å². The molecule has 0 bridgehead atoms. The van der Waals surface area contributed by atoms with Gasteiger partial charge in [0.1, 0.15) is 0 Å². The second kappa shape index (κ2) is 5.20. The van der Waals surface area contributed by atoms with E-state index in [4.69, 9.17) is 0 Å².